The molecule has 134 valence electrons. The van der Waals surface area contributed by atoms with Crippen LogP contribution in [0.5, 0.6) is 11.6 Å². The zero-order valence-electron chi connectivity index (χ0n) is 14.4. The van der Waals surface area contributed by atoms with E-state index in [0.717, 1.165) is 35.8 Å². The molecule has 0 amide bonds. The van der Waals surface area contributed by atoms with Gasteiger partial charge in [-0.1, -0.05) is 12.1 Å². The molecule has 1 fully saturated rings. The monoisotopic (exact) mass is 362 g/mol. The first-order valence-corrected chi connectivity index (χ1v) is 9.44. The summed E-state index contributed by atoms with van der Waals surface area (Å²) in [6.45, 7) is 1.90. The molecule has 6 nitrogen and oxygen atoms in total. The fourth-order valence-corrected chi connectivity index (χ4v) is 3.02. The first-order valence-electron chi connectivity index (χ1n) is 8.21. The number of nitrogens with zero attached hydrogens (tertiary/aromatic N) is 2. The van der Waals surface area contributed by atoms with E-state index >= 15 is 0 Å². The Bertz CT molecular complexity index is 693. The molecule has 1 aromatic heterocycles. The molecule has 0 radical (unpaired) electrons. The average molecular weight is 362 g/mol. The quantitative estimate of drug-likeness (QED) is 0.554. The molecule has 0 saturated carbocycles. The van der Waals surface area contributed by atoms with E-state index in [1.807, 2.05) is 30.5 Å². The Morgan fingerprint density at radius 2 is 2.20 bits per heavy atom. The van der Waals surface area contributed by atoms with Crippen LogP contribution in [0.25, 0.3) is 0 Å². The minimum atomic E-state index is 0.218. The lowest BCUT2D eigenvalue weighted by Crippen LogP contribution is -2.10. The predicted molar refractivity (Wildman–Crippen MR) is 97.7 cm³/mol. The van der Waals surface area contributed by atoms with Gasteiger partial charge in [0.2, 0.25) is 0 Å². The summed E-state index contributed by atoms with van der Waals surface area (Å²) >= 11 is 1.53. The van der Waals surface area contributed by atoms with Crippen LogP contribution >= 0.6 is 11.8 Å². The summed E-state index contributed by atoms with van der Waals surface area (Å²) in [5.74, 6) is 1.89. The van der Waals surface area contributed by atoms with Crippen molar-refractivity contribution in [3.8, 4) is 11.6 Å². The molecule has 1 atom stereocenters. The van der Waals surface area contributed by atoms with Crippen molar-refractivity contribution in [3.63, 3.8) is 0 Å². The minimum absolute atomic E-state index is 0.218. The molecule has 1 saturated heterocycles. The summed E-state index contributed by atoms with van der Waals surface area (Å²) in [6, 6.07) is 9.48. The van der Waals surface area contributed by atoms with Gasteiger partial charge >= 0.3 is 0 Å². The lowest BCUT2D eigenvalue weighted by atomic mass is 10.2. The first-order chi connectivity index (χ1) is 12.3. The zero-order valence-corrected chi connectivity index (χ0v) is 15.3. The number of rotatable bonds is 7. The summed E-state index contributed by atoms with van der Waals surface area (Å²) in [7, 11) is 1.64. The summed E-state index contributed by atoms with van der Waals surface area (Å²) in [4.78, 5) is 4.60. The van der Waals surface area contributed by atoms with Crippen molar-refractivity contribution in [1.82, 2.24) is 5.16 Å². The van der Waals surface area contributed by atoms with Gasteiger partial charge in [-0.05, 0) is 42.0 Å². The molecule has 7 heteroatoms. The molecule has 3 rings (SSSR count). The smallest absolute Gasteiger partial charge is 0.255 e. The molecular weight excluding hydrogens is 340 g/mol. The van der Waals surface area contributed by atoms with E-state index in [2.05, 4.69) is 10.1 Å². The van der Waals surface area contributed by atoms with Crippen molar-refractivity contribution in [1.29, 1.82) is 0 Å². The largest absolute Gasteiger partial charge is 0.497 e. The van der Waals surface area contributed by atoms with Crippen LogP contribution in [-0.4, -0.2) is 42.8 Å². The Balaban J connectivity index is 1.57. The molecule has 1 aliphatic heterocycles. The van der Waals surface area contributed by atoms with Crippen LogP contribution in [0.3, 0.4) is 0 Å². The van der Waals surface area contributed by atoms with E-state index in [0.29, 0.717) is 24.8 Å². The molecule has 1 aromatic carbocycles. The number of thioether (sulfide) groups is 1. The van der Waals surface area contributed by atoms with Crippen LogP contribution in [0.1, 0.15) is 24.2 Å². The fourth-order valence-electron chi connectivity index (χ4n) is 2.52. The fraction of sp³-hybridized carbons (Fsp3) is 0.444. The third kappa shape index (κ3) is 4.99. The number of aromatic nitrogens is 1. The number of benzene rings is 1. The molecular formula is C18H22N2O4S. The number of aliphatic imine (C=N–C) groups is 1. The Labute approximate surface area is 151 Å². The number of methoxy groups -OCH3 is 1. The number of ether oxygens (including phenoxy) is 3. The molecule has 0 spiro atoms. The summed E-state index contributed by atoms with van der Waals surface area (Å²) in [5.41, 5.74) is 1.03. The maximum absolute atomic E-state index is 5.68. The van der Waals surface area contributed by atoms with Gasteiger partial charge in [-0.25, -0.2) is 0 Å². The van der Waals surface area contributed by atoms with Gasteiger partial charge in [-0.2, -0.15) is 0 Å². The van der Waals surface area contributed by atoms with Crippen molar-refractivity contribution in [2.24, 2.45) is 4.99 Å². The lowest BCUT2D eigenvalue weighted by Gasteiger charge is -2.05. The second-order valence-corrected chi connectivity index (χ2v) is 6.45. The molecule has 0 unspecified atom stereocenters. The maximum Gasteiger partial charge on any atom is 0.255 e. The molecule has 0 N–H and O–H groups in total. The van der Waals surface area contributed by atoms with Gasteiger partial charge < -0.3 is 18.7 Å². The molecule has 25 heavy (non-hydrogen) atoms. The van der Waals surface area contributed by atoms with Gasteiger partial charge in [0.05, 0.1) is 25.8 Å². The Morgan fingerprint density at radius 3 is 2.88 bits per heavy atom. The van der Waals surface area contributed by atoms with Crippen molar-refractivity contribution < 1.29 is 18.7 Å². The Kier molecular flexibility index (Phi) is 6.36. The van der Waals surface area contributed by atoms with Crippen LogP contribution in [0.4, 0.5) is 0 Å². The van der Waals surface area contributed by atoms with Gasteiger partial charge in [0, 0.05) is 6.61 Å². The Hall–Kier alpha value is -1.99. The van der Waals surface area contributed by atoms with Crippen molar-refractivity contribution in [2.45, 2.75) is 25.6 Å². The van der Waals surface area contributed by atoms with Crippen molar-refractivity contribution in [3.05, 3.63) is 41.7 Å². The van der Waals surface area contributed by atoms with Crippen molar-refractivity contribution >= 4 is 16.8 Å². The van der Waals surface area contributed by atoms with Crippen LogP contribution < -0.4 is 9.47 Å². The highest BCUT2D eigenvalue weighted by Gasteiger charge is 2.17. The standard InChI is InChI=1S/C18H22N2O4S/c1-21-14-7-5-13(6-8-14)12-23-17-10-16(24-20-17)18(25-2)19-11-15-4-3-9-22-15/h5-8,10,15H,3-4,9,11-12H2,1-2H3/t15-/m0/s1. The minimum Gasteiger partial charge on any atom is -0.497 e. The first kappa shape index (κ1) is 17.8. The van der Waals surface area contributed by atoms with E-state index in [9.17, 15) is 0 Å². The average Bonchev–Trinajstić information content (AvgIpc) is 3.33. The SMILES string of the molecule is COc1ccc(COc2cc(C(=NC[C@@H]3CCCO3)SC)on2)cc1. The Morgan fingerprint density at radius 1 is 1.36 bits per heavy atom. The van der Waals surface area contributed by atoms with Crippen molar-refractivity contribution in [2.75, 3.05) is 26.5 Å². The van der Waals surface area contributed by atoms with Gasteiger partial charge in [-0.15, -0.1) is 11.8 Å². The molecule has 0 aliphatic carbocycles. The molecule has 2 aromatic rings. The zero-order chi connectivity index (χ0) is 17.5. The van der Waals surface area contributed by atoms with E-state index in [1.165, 1.54) is 11.8 Å². The second-order valence-electron chi connectivity index (χ2n) is 5.65. The van der Waals surface area contributed by atoms with Crippen LogP contribution in [0.15, 0.2) is 39.8 Å². The van der Waals surface area contributed by atoms with E-state index < -0.39 is 0 Å². The summed E-state index contributed by atoms with van der Waals surface area (Å²) < 4.78 is 21.8. The summed E-state index contributed by atoms with van der Waals surface area (Å²) in [6.07, 6.45) is 4.36. The normalized spacial score (nSPS) is 17.7. The molecule has 2 heterocycles. The highest BCUT2D eigenvalue weighted by Crippen LogP contribution is 2.20. The molecule has 1 aliphatic rings. The van der Waals surface area contributed by atoms with Crippen LogP contribution in [0, 0.1) is 0 Å². The predicted octanol–water partition coefficient (Wildman–Crippen LogP) is 3.55. The van der Waals surface area contributed by atoms with Crippen LogP contribution in [0.2, 0.25) is 0 Å². The third-order valence-electron chi connectivity index (χ3n) is 3.90. The van der Waals surface area contributed by atoms with Gasteiger partial charge in [0.25, 0.3) is 5.88 Å². The maximum atomic E-state index is 5.68. The van der Waals surface area contributed by atoms with Gasteiger partial charge in [0.1, 0.15) is 17.4 Å². The van der Waals surface area contributed by atoms with E-state index in [4.69, 9.17) is 18.7 Å². The topological polar surface area (TPSA) is 66.1 Å². The van der Waals surface area contributed by atoms with Gasteiger partial charge in [0.15, 0.2) is 5.76 Å². The van der Waals surface area contributed by atoms with Crippen LogP contribution in [-0.2, 0) is 11.3 Å². The van der Waals surface area contributed by atoms with Gasteiger partial charge in [-0.3, -0.25) is 4.99 Å². The number of hydrogen-bond donors (Lipinski definition) is 0. The van der Waals surface area contributed by atoms with E-state index in [-0.39, 0.29) is 6.10 Å². The third-order valence-corrected chi connectivity index (χ3v) is 4.62. The lowest BCUT2D eigenvalue weighted by molar-refractivity contribution is 0.118. The number of hydrogen-bond acceptors (Lipinski definition) is 7. The summed E-state index contributed by atoms with van der Waals surface area (Å²) in [5, 5.41) is 4.77. The molecule has 0 bridgehead atoms. The van der Waals surface area contributed by atoms with E-state index in [1.54, 1.807) is 13.2 Å². The highest BCUT2D eigenvalue weighted by atomic mass is 32.2. The second kappa shape index (κ2) is 8.92. The highest BCUT2D eigenvalue weighted by molar-refractivity contribution is 8.13.